The Morgan fingerprint density at radius 3 is 2.55 bits per heavy atom. The van der Waals surface area contributed by atoms with Crippen LogP contribution in [0.25, 0.3) is 11.3 Å². The lowest BCUT2D eigenvalue weighted by atomic mass is 10.0. The number of aryl methyl sites for hydroxylation is 1. The van der Waals surface area contributed by atoms with Crippen molar-refractivity contribution in [3.05, 3.63) is 53.5 Å². The molecule has 164 valence electrons. The van der Waals surface area contributed by atoms with E-state index in [-0.39, 0.29) is 11.9 Å². The quantitative estimate of drug-likeness (QED) is 0.606. The van der Waals surface area contributed by atoms with Crippen LogP contribution in [0.5, 0.6) is 5.75 Å². The van der Waals surface area contributed by atoms with Crippen LogP contribution in [0.1, 0.15) is 34.6 Å². The fourth-order valence-corrected chi connectivity index (χ4v) is 3.99. The Morgan fingerprint density at radius 1 is 1.23 bits per heavy atom. The van der Waals surface area contributed by atoms with Gasteiger partial charge in [0.05, 0.1) is 18.9 Å². The van der Waals surface area contributed by atoms with Crippen LogP contribution >= 0.6 is 0 Å². The van der Waals surface area contributed by atoms with Gasteiger partial charge in [0.25, 0.3) is 5.91 Å². The number of nitrogens with zero attached hydrogens (tertiary/aromatic N) is 5. The summed E-state index contributed by atoms with van der Waals surface area (Å²) in [7, 11) is 5.64. The van der Waals surface area contributed by atoms with Crippen molar-refractivity contribution in [3.8, 4) is 17.1 Å². The molecule has 4 rings (SSSR count). The number of likely N-dealkylation sites (tertiary alicyclic amines) is 1. The second-order valence-electron chi connectivity index (χ2n) is 8.16. The molecule has 0 spiro atoms. The molecule has 0 saturated carbocycles. The molecular weight excluding hydrogens is 394 g/mol. The predicted molar refractivity (Wildman–Crippen MR) is 117 cm³/mol. The van der Waals surface area contributed by atoms with Crippen molar-refractivity contribution in [1.29, 1.82) is 0 Å². The van der Waals surface area contributed by atoms with E-state index in [2.05, 4.69) is 22.2 Å². The maximum atomic E-state index is 13.5. The normalized spacial score (nSPS) is 15.2. The highest BCUT2D eigenvalue weighted by atomic mass is 16.5. The zero-order valence-electron chi connectivity index (χ0n) is 18.5. The zero-order chi connectivity index (χ0) is 22.0. The van der Waals surface area contributed by atoms with E-state index in [0.717, 1.165) is 48.5 Å². The number of amides is 1. The molecule has 0 bridgehead atoms. The SMILES string of the molecule is COc1ccc(CN(C(=O)c2cc(-c3cnn(C)c3C)on2)C2CCN(C)CC2)cc1. The Bertz CT molecular complexity index is 1030. The molecule has 1 aliphatic rings. The topological polar surface area (TPSA) is 76.6 Å². The molecule has 0 atom stereocenters. The third-order valence-corrected chi connectivity index (χ3v) is 6.13. The van der Waals surface area contributed by atoms with Crippen molar-refractivity contribution >= 4 is 5.91 Å². The number of ether oxygens (including phenoxy) is 1. The first kappa shape index (κ1) is 21.1. The molecule has 0 unspecified atom stereocenters. The third kappa shape index (κ3) is 4.49. The first-order valence-electron chi connectivity index (χ1n) is 10.5. The summed E-state index contributed by atoms with van der Waals surface area (Å²) in [5.74, 6) is 1.25. The van der Waals surface area contributed by atoms with Crippen molar-refractivity contribution in [2.75, 3.05) is 27.2 Å². The maximum Gasteiger partial charge on any atom is 0.276 e. The van der Waals surface area contributed by atoms with Crippen molar-refractivity contribution in [2.24, 2.45) is 7.05 Å². The summed E-state index contributed by atoms with van der Waals surface area (Å²) in [6.45, 7) is 4.41. The average Bonchev–Trinajstić information content (AvgIpc) is 3.40. The number of rotatable bonds is 6. The zero-order valence-corrected chi connectivity index (χ0v) is 18.5. The molecule has 1 aromatic carbocycles. The summed E-state index contributed by atoms with van der Waals surface area (Å²) in [6, 6.07) is 9.73. The standard InChI is InChI=1S/C23H29N5O3/c1-16-20(14-24-27(16)3)22-13-21(25-31-22)23(29)28(18-9-11-26(2)12-10-18)15-17-5-7-19(30-4)8-6-17/h5-8,13-14,18H,9-12,15H2,1-4H3. The number of carbonyl (C=O) groups is 1. The Labute approximate surface area is 182 Å². The monoisotopic (exact) mass is 423 g/mol. The third-order valence-electron chi connectivity index (χ3n) is 6.13. The molecule has 2 aromatic heterocycles. The fraction of sp³-hybridized carbons (Fsp3) is 0.435. The minimum absolute atomic E-state index is 0.109. The average molecular weight is 424 g/mol. The fourth-order valence-electron chi connectivity index (χ4n) is 3.99. The molecule has 0 N–H and O–H groups in total. The second kappa shape index (κ2) is 8.93. The highest BCUT2D eigenvalue weighted by Gasteiger charge is 2.30. The van der Waals surface area contributed by atoms with Gasteiger partial charge in [0.15, 0.2) is 11.5 Å². The van der Waals surface area contributed by atoms with Crippen molar-refractivity contribution in [3.63, 3.8) is 0 Å². The Kier molecular flexibility index (Phi) is 6.08. The maximum absolute atomic E-state index is 13.5. The highest BCUT2D eigenvalue weighted by molar-refractivity contribution is 5.93. The van der Waals surface area contributed by atoms with Crippen LogP contribution in [-0.4, -0.2) is 63.9 Å². The van der Waals surface area contributed by atoms with Gasteiger partial charge in [0, 0.05) is 31.4 Å². The van der Waals surface area contributed by atoms with E-state index in [1.165, 1.54) is 0 Å². The Balaban J connectivity index is 1.59. The predicted octanol–water partition coefficient (Wildman–Crippen LogP) is 3.13. The summed E-state index contributed by atoms with van der Waals surface area (Å²) in [5.41, 5.74) is 3.18. The van der Waals surface area contributed by atoms with Gasteiger partial charge in [-0.1, -0.05) is 17.3 Å². The van der Waals surface area contributed by atoms with Crippen molar-refractivity contribution in [1.82, 2.24) is 24.7 Å². The first-order chi connectivity index (χ1) is 15.0. The molecule has 31 heavy (non-hydrogen) atoms. The molecule has 3 aromatic rings. The lowest BCUT2D eigenvalue weighted by molar-refractivity contribution is 0.0559. The number of benzene rings is 1. The molecule has 0 aliphatic carbocycles. The van der Waals surface area contributed by atoms with Gasteiger partial charge in [-0.15, -0.1) is 0 Å². The van der Waals surface area contributed by atoms with Crippen LogP contribution in [0.15, 0.2) is 41.1 Å². The summed E-state index contributed by atoms with van der Waals surface area (Å²) < 4.78 is 12.6. The summed E-state index contributed by atoms with van der Waals surface area (Å²) in [4.78, 5) is 17.8. The number of piperidine rings is 1. The van der Waals surface area contributed by atoms with Gasteiger partial charge >= 0.3 is 0 Å². The number of aromatic nitrogens is 3. The van der Waals surface area contributed by atoms with Crippen LogP contribution in [0, 0.1) is 6.92 Å². The lowest BCUT2D eigenvalue weighted by Gasteiger charge is -2.37. The lowest BCUT2D eigenvalue weighted by Crippen LogP contribution is -2.46. The van der Waals surface area contributed by atoms with Crippen LogP contribution in [0.2, 0.25) is 0 Å². The molecule has 1 aliphatic heterocycles. The molecule has 3 heterocycles. The largest absolute Gasteiger partial charge is 0.497 e. The number of hydrogen-bond donors (Lipinski definition) is 0. The van der Waals surface area contributed by atoms with Gasteiger partial charge in [0.1, 0.15) is 5.75 Å². The molecule has 1 amide bonds. The molecule has 1 fully saturated rings. The number of carbonyl (C=O) groups excluding carboxylic acids is 1. The Hall–Kier alpha value is -3.13. The number of methoxy groups -OCH3 is 1. The van der Waals surface area contributed by atoms with Gasteiger partial charge in [-0.05, 0) is 57.6 Å². The van der Waals surface area contributed by atoms with Crippen LogP contribution in [0.3, 0.4) is 0 Å². The summed E-state index contributed by atoms with van der Waals surface area (Å²) in [5, 5.41) is 8.36. The minimum atomic E-state index is -0.109. The van der Waals surface area contributed by atoms with Crippen molar-refractivity contribution in [2.45, 2.75) is 32.4 Å². The molecule has 0 radical (unpaired) electrons. The smallest absolute Gasteiger partial charge is 0.276 e. The van der Waals surface area contributed by atoms with E-state index in [0.29, 0.717) is 18.0 Å². The molecule has 8 heteroatoms. The van der Waals surface area contributed by atoms with Gasteiger partial charge in [-0.25, -0.2) is 0 Å². The Morgan fingerprint density at radius 2 is 1.94 bits per heavy atom. The van der Waals surface area contributed by atoms with Gasteiger partial charge in [-0.3, -0.25) is 9.48 Å². The van der Waals surface area contributed by atoms with Gasteiger partial charge in [-0.2, -0.15) is 5.10 Å². The van der Waals surface area contributed by atoms with E-state index in [1.807, 2.05) is 43.1 Å². The highest BCUT2D eigenvalue weighted by Crippen LogP contribution is 2.26. The molecular formula is C23H29N5O3. The van der Waals surface area contributed by atoms with Gasteiger partial charge < -0.3 is 19.1 Å². The molecule has 1 saturated heterocycles. The van der Waals surface area contributed by atoms with Crippen molar-refractivity contribution < 1.29 is 14.1 Å². The van der Waals surface area contributed by atoms with Crippen LogP contribution in [-0.2, 0) is 13.6 Å². The van der Waals surface area contributed by atoms with Crippen LogP contribution < -0.4 is 4.74 Å². The van der Waals surface area contributed by atoms with E-state index >= 15 is 0 Å². The van der Waals surface area contributed by atoms with E-state index in [9.17, 15) is 4.79 Å². The van der Waals surface area contributed by atoms with E-state index < -0.39 is 0 Å². The minimum Gasteiger partial charge on any atom is -0.497 e. The van der Waals surface area contributed by atoms with Gasteiger partial charge in [0.2, 0.25) is 0 Å². The number of hydrogen-bond acceptors (Lipinski definition) is 6. The molecule has 8 nitrogen and oxygen atoms in total. The summed E-state index contributed by atoms with van der Waals surface area (Å²) in [6.07, 6.45) is 3.60. The second-order valence-corrected chi connectivity index (χ2v) is 8.16. The summed E-state index contributed by atoms with van der Waals surface area (Å²) >= 11 is 0. The van der Waals surface area contributed by atoms with E-state index in [1.54, 1.807) is 24.1 Å². The van der Waals surface area contributed by atoms with E-state index in [4.69, 9.17) is 9.26 Å². The van der Waals surface area contributed by atoms with Crippen LogP contribution in [0.4, 0.5) is 0 Å². The first-order valence-corrected chi connectivity index (χ1v) is 10.5.